The molecule has 1 aliphatic rings. The number of nitrogens with zero attached hydrogens (tertiary/aromatic N) is 1. The zero-order valence-corrected chi connectivity index (χ0v) is 11.2. The van der Waals surface area contributed by atoms with E-state index in [1.165, 1.54) is 13.1 Å². The van der Waals surface area contributed by atoms with Crippen molar-refractivity contribution in [3.8, 4) is 0 Å². The molecule has 20 heavy (non-hydrogen) atoms. The second kappa shape index (κ2) is 5.76. The molecule has 0 aromatic carbocycles. The molecule has 0 radical (unpaired) electrons. The van der Waals surface area contributed by atoms with Gasteiger partial charge in [-0.2, -0.15) is 0 Å². The average Bonchev–Trinajstić information content (AvgIpc) is 2.72. The molecule has 0 aliphatic carbocycles. The van der Waals surface area contributed by atoms with Crippen LogP contribution in [0.25, 0.3) is 0 Å². The third kappa shape index (κ3) is 3.07. The highest BCUT2D eigenvalue weighted by Gasteiger charge is 2.32. The maximum Gasteiger partial charge on any atom is 0.694 e. The van der Waals surface area contributed by atoms with Crippen LogP contribution in [0.5, 0.6) is 0 Å². The fourth-order valence-electron chi connectivity index (χ4n) is 1.71. The van der Waals surface area contributed by atoms with Crippen LogP contribution in [-0.4, -0.2) is 27.2 Å². The van der Waals surface area contributed by atoms with Crippen molar-refractivity contribution < 1.29 is 23.1 Å². The van der Waals surface area contributed by atoms with Crippen molar-refractivity contribution in [2.75, 3.05) is 6.61 Å². The van der Waals surface area contributed by atoms with Crippen molar-refractivity contribution in [3.63, 3.8) is 0 Å². The molecule has 0 amide bonds. The van der Waals surface area contributed by atoms with Crippen molar-refractivity contribution in [2.24, 2.45) is 0 Å². The van der Waals surface area contributed by atoms with Crippen LogP contribution < -0.4 is 11.2 Å². The van der Waals surface area contributed by atoms with Crippen LogP contribution in [0.2, 0.25) is 0 Å². The zero-order valence-electron chi connectivity index (χ0n) is 10.3. The molecule has 0 fully saturated rings. The Labute approximate surface area is 112 Å². The Morgan fingerprint density at radius 3 is 2.95 bits per heavy atom. The quantitative estimate of drug-likeness (QED) is 0.772. The maximum atomic E-state index is 13.8. The molecule has 0 spiro atoms. The van der Waals surface area contributed by atoms with E-state index < -0.39 is 37.7 Å². The number of nitrogens with one attached hydrogen (secondary N) is 1. The summed E-state index contributed by atoms with van der Waals surface area (Å²) >= 11 is 0. The van der Waals surface area contributed by atoms with E-state index in [0.29, 0.717) is 0 Å². The summed E-state index contributed by atoms with van der Waals surface area (Å²) in [4.78, 5) is 33.4. The van der Waals surface area contributed by atoms with Crippen LogP contribution in [-0.2, 0) is 13.8 Å². The standard InChI is InChI=1S/C10H10FN2O6P/c1-5-3-13(10(15)12-8(5)14)9-7(11)2-6(19-9)4-18-20(16)17/h2-3,6,9H,4H2,1H3,(H-,12,14,15,16,17)/p+1/t6-,9+/m0/s1. The summed E-state index contributed by atoms with van der Waals surface area (Å²) in [5.74, 6) is -0.750. The van der Waals surface area contributed by atoms with E-state index in [1.807, 2.05) is 4.98 Å². The molecule has 0 bridgehead atoms. The number of hydrogen-bond donors (Lipinski definition) is 2. The van der Waals surface area contributed by atoms with Gasteiger partial charge < -0.3 is 4.74 Å². The van der Waals surface area contributed by atoms with Gasteiger partial charge in [0.25, 0.3) is 5.56 Å². The van der Waals surface area contributed by atoms with Crippen LogP contribution in [0.4, 0.5) is 4.39 Å². The van der Waals surface area contributed by atoms with Crippen LogP contribution in [0.3, 0.4) is 0 Å². The van der Waals surface area contributed by atoms with Crippen molar-refractivity contribution in [2.45, 2.75) is 19.3 Å². The maximum absolute atomic E-state index is 13.8. The molecule has 8 nitrogen and oxygen atoms in total. The minimum absolute atomic E-state index is 0.221. The van der Waals surface area contributed by atoms with E-state index in [0.717, 1.165) is 10.6 Å². The minimum Gasteiger partial charge on any atom is -0.341 e. The van der Waals surface area contributed by atoms with Gasteiger partial charge in [-0.05, 0) is 13.0 Å². The lowest BCUT2D eigenvalue weighted by atomic mass is 10.3. The van der Waals surface area contributed by atoms with Gasteiger partial charge in [0.1, 0.15) is 18.5 Å². The van der Waals surface area contributed by atoms with Gasteiger partial charge in [0.15, 0.2) is 6.23 Å². The van der Waals surface area contributed by atoms with E-state index in [4.69, 9.17) is 9.63 Å². The first-order valence-electron chi connectivity index (χ1n) is 5.52. The number of rotatable bonds is 4. The predicted octanol–water partition coefficient (Wildman–Crippen LogP) is 0.262. The van der Waals surface area contributed by atoms with Crippen LogP contribution in [0.1, 0.15) is 11.8 Å². The first-order valence-corrected chi connectivity index (χ1v) is 6.65. The molecule has 1 aromatic rings. The number of aromatic amines is 1. The molecule has 3 atom stereocenters. The van der Waals surface area contributed by atoms with Gasteiger partial charge in [0.05, 0.1) is 0 Å². The molecule has 0 saturated carbocycles. The first kappa shape index (κ1) is 14.7. The van der Waals surface area contributed by atoms with Crippen LogP contribution >= 0.6 is 8.25 Å². The fraction of sp³-hybridized carbons (Fsp3) is 0.400. The van der Waals surface area contributed by atoms with Crippen molar-refractivity contribution in [3.05, 3.63) is 44.5 Å². The third-order valence-corrected chi connectivity index (χ3v) is 3.00. The number of aryl methyl sites for hydroxylation is 1. The number of H-pyrrole nitrogens is 1. The van der Waals surface area contributed by atoms with Gasteiger partial charge in [-0.15, -0.1) is 9.42 Å². The second-order valence-corrected chi connectivity index (χ2v) is 4.82. The highest BCUT2D eigenvalue weighted by molar-refractivity contribution is 7.32. The van der Waals surface area contributed by atoms with Crippen molar-refractivity contribution in [1.82, 2.24) is 9.55 Å². The summed E-state index contributed by atoms with van der Waals surface area (Å²) in [6.45, 7) is 1.13. The number of ether oxygens (including phenoxy) is 1. The Morgan fingerprint density at radius 1 is 1.60 bits per heavy atom. The summed E-state index contributed by atoms with van der Waals surface area (Å²) in [6, 6.07) is 0. The van der Waals surface area contributed by atoms with Gasteiger partial charge in [0.2, 0.25) is 0 Å². The van der Waals surface area contributed by atoms with Crippen molar-refractivity contribution in [1.29, 1.82) is 0 Å². The Bertz CT molecular complexity index is 681. The van der Waals surface area contributed by atoms with Gasteiger partial charge in [0, 0.05) is 16.3 Å². The molecule has 1 unspecified atom stereocenters. The SMILES string of the molecule is Cc1cn([C@@H]2O[C@H](CO[P+](=O)O)C=C2F)c(=O)[nH]c1=O. The lowest BCUT2D eigenvalue weighted by Crippen LogP contribution is -2.34. The van der Waals surface area contributed by atoms with E-state index in [1.54, 1.807) is 0 Å². The highest BCUT2D eigenvalue weighted by Crippen LogP contribution is 2.30. The number of halogens is 1. The fourth-order valence-corrected chi connectivity index (χ4v) is 1.99. The van der Waals surface area contributed by atoms with Crippen LogP contribution in [0, 0.1) is 6.92 Å². The lowest BCUT2D eigenvalue weighted by Gasteiger charge is -2.15. The van der Waals surface area contributed by atoms with E-state index >= 15 is 0 Å². The number of hydrogen-bond acceptors (Lipinski definition) is 5. The van der Waals surface area contributed by atoms with E-state index in [2.05, 4.69) is 4.52 Å². The molecule has 1 aliphatic heterocycles. The monoisotopic (exact) mass is 305 g/mol. The summed E-state index contributed by atoms with van der Waals surface area (Å²) < 4.78 is 34.6. The molecule has 2 rings (SSSR count). The number of aromatic nitrogens is 2. The normalized spacial score (nSPS) is 22.8. The Hall–Kier alpha value is -1.67. The lowest BCUT2D eigenvalue weighted by molar-refractivity contribution is -0.0175. The topological polar surface area (TPSA) is 111 Å². The summed E-state index contributed by atoms with van der Waals surface area (Å²) in [7, 11) is -2.81. The van der Waals surface area contributed by atoms with Crippen molar-refractivity contribution >= 4 is 8.25 Å². The first-order chi connectivity index (χ1) is 9.38. The molecular formula is C10H11FN2O6P+. The molecular weight excluding hydrogens is 294 g/mol. The predicted molar refractivity (Wildman–Crippen MR) is 64.9 cm³/mol. The average molecular weight is 305 g/mol. The Balaban J connectivity index is 2.22. The molecule has 108 valence electrons. The summed E-state index contributed by atoms with van der Waals surface area (Å²) in [6.07, 6.45) is -0.0146. The molecule has 2 heterocycles. The van der Waals surface area contributed by atoms with Gasteiger partial charge >= 0.3 is 13.9 Å². The van der Waals surface area contributed by atoms with Gasteiger partial charge in [-0.25, -0.2) is 9.18 Å². The van der Waals surface area contributed by atoms with E-state index in [9.17, 15) is 18.5 Å². The largest absolute Gasteiger partial charge is 0.694 e. The van der Waals surface area contributed by atoms with Crippen LogP contribution in [0.15, 0.2) is 27.7 Å². The smallest absolute Gasteiger partial charge is 0.341 e. The summed E-state index contributed by atoms with van der Waals surface area (Å²) in [5.41, 5.74) is -1.16. The molecule has 1 aromatic heterocycles. The molecule has 10 heteroatoms. The second-order valence-electron chi connectivity index (χ2n) is 4.09. The van der Waals surface area contributed by atoms with Gasteiger partial charge in [-0.3, -0.25) is 14.3 Å². The van der Waals surface area contributed by atoms with E-state index in [-0.39, 0.29) is 12.2 Å². The molecule has 2 N–H and O–H groups in total. The zero-order chi connectivity index (χ0) is 14.9. The molecule has 0 saturated heterocycles. The Morgan fingerprint density at radius 2 is 2.30 bits per heavy atom. The minimum atomic E-state index is -2.81. The Kier molecular flexibility index (Phi) is 4.24. The third-order valence-electron chi connectivity index (χ3n) is 2.63. The summed E-state index contributed by atoms with van der Waals surface area (Å²) in [5, 5.41) is 0. The van der Waals surface area contributed by atoms with Gasteiger partial charge in [-0.1, -0.05) is 0 Å². The highest BCUT2D eigenvalue weighted by atomic mass is 31.1.